The number of likely N-dealkylation sites (tertiary alicyclic amines) is 1. The zero-order chi connectivity index (χ0) is 52.3. The van der Waals surface area contributed by atoms with Gasteiger partial charge in [0.15, 0.2) is 11.6 Å². The lowest BCUT2D eigenvalue weighted by Crippen LogP contribution is -2.57. The number of thiophene rings is 1. The second-order valence-corrected chi connectivity index (χ2v) is 22.4. The summed E-state index contributed by atoms with van der Waals surface area (Å²) in [5.41, 5.74) is 5.27. The van der Waals surface area contributed by atoms with Crippen molar-refractivity contribution in [1.82, 2.24) is 45.2 Å². The maximum absolute atomic E-state index is 14.4. The van der Waals surface area contributed by atoms with E-state index < -0.39 is 47.4 Å². The number of carbonyl (C=O) groups excluding carboxylic acids is 4. The van der Waals surface area contributed by atoms with Crippen LogP contribution in [0.15, 0.2) is 94.6 Å². The SMILES string of the molecule is Cc1sc2c(c1C)C(c1ccc(Cl)cc1)=N[C@@H](CC(=O)NC1CC(Oc3ccc4oc(C(=O)NC(C(=O)N5C[C@H](O)C[C@H]5C(=O)N[C@@H](C)c5ccc(-n6ccnc6C)cc5)C(C)(C)C)cc4c3)C1)c1nnc(C)n1-2. The Morgan fingerprint density at radius 2 is 1.68 bits per heavy atom. The predicted octanol–water partition coefficient (Wildman–Crippen LogP) is 8.14. The van der Waals surface area contributed by atoms with Crippen LogP contribution in [0.2, 0.25) is 5.02 Å². The van der Waals surface area contributed by atoms with Crippen molar-refractivity contribution in [2.45, 2.75) is 123 Å². The quantitative estimate of drug-likeness (QED) is 0.0871. The van der Waals surface area contributed by atoms with Gasteiger partial charge in [-0.25, -0.2) is 4.98 Å². The van der Waals surface area contributed by atoms with Crippen LogP contribution in [0.1, 0.15) is 121 Å². The molecule has 4 aromatic heterocycles. The van der Waals surface area contributed by atoms with Crippen LogP contribution in [-0.2, 0) is 14.4 Å². The van der Waals surface area contributed by atoms with Crippen molar-refractivity contribution in [3.05, 3.63) is 141 Å². The zero-order valence-corrected chi connectivity index (χ0v) is 44.0. The number of fused-ring (bicyclic) bond motifs is 4. The first-order chi connectivity index (χ1) is 35.3. The van der Waals surface area contributed by atoms with E-state index in [0.717, 1.165) is 55.2 Å². The number of aliphatic imine (C=N–C) groups is 1. The van der Waals surface area contributed by atoms with E-state index in [2.05, 4.69) is 45.0 Å². The number of benzene rings is 3. The van der Waals surface area contributed by atoms with E-state index in [9.17, 15) is 24.3 Å². The molecule has 0 radical (unpaired) electrons. The Morgan fingerprint density at radius 1 is 0.932 bits per heavy atom. The third-order valence-corrected chi connectivity index (χ3v) is 15.8. The Hall–Kier alpha value is -7.15. The van der Waals surface area contributed by atoms with Crippen LogP contribution in [0.25, 0.3) is 21.7 Å². The normalized spacial score (nSPS) is 20.2. The van der Waals surface area contributed by atoms with Crippen molar-refractivity contribution >= 4 is 63.2 Å². The zero-order valence-electron chi connectivity index (χ0n) is 42.5. The number of aryl methyl sites for hydroxylation is 3. The number of ether oxygens (including phenoxy) is 1. The molecule has 0 spiro atoms. The van der Waals surface area contributed by atoms with E-state index in [4.69, 9.17) is 25.7 Å². The van der Waals surface area contributed by atoms with Crippen LogP contribution in [0, 0.1) is 33.1 Å². The first kappa shape index (κ1) is 50.4. The van der Waals surface area contributed by atoms with Gasteiger partial charge in [-0.2, -0.15) is 0 Å². The number of β-amino-alcohol motifs (C(OH)–C–C–N with tert-alkyl or cyclic N) is 1. The van der Waals surface area contributed by atoms with E-state index in [-0.39, 0.29) is 49.2 Å². The molecule has 19 heteroatoms. The van der Waals surface area contributed by atoms with Gasteiger partial charge in [0.1, 0.15) is 52.2 Å². The molecule has 7 aromatic rings. The third-order valence-electron chi connectivity index (χ3n) is 14.3. The predicted molar refractivity (Wildman–Crippen MR) is 281 cm³/mol. The molecule has 4 amide bonds. The highest BCUT2D eigenvalue weighted by Crippen LogP contribution is 2.40. The largest absolute Gasteiger partial charge is 0.490 e. The maximum atomic E-state index is 14.4. The monoisotopic (exact) mass is 1040 g/mol. The van der Waals surface area contributed by atoms with E-state index >= 15 is 0 Å². The van der Waals surface area contributed by atoms with Crippen LogP contribution in [0.3, 0.4) is 0 Å². The third kappa shape index (κ3) is 9.97. The molecule has 1 saturated carbocycles. The van der Waals surface area contributed by atoms with Gasteiger partial charge in [-0.1, -0.05) is 56.6 Å². The Kier molecular flexibility index (Phi) is 13.6. The Morgan fingerprint density at radius 3 is 2.38 bits per heavy atom. The first-order valence-electron chi connectivity index (χ1n) is 24.9. The molecule has 1 saturated heterocycles. The Bertz CT molecular complexity index is 3330. The van der Waals surface area contributed by atoms with Crippen molar-refractivity contribution in [1.29, 1.82) is 0 Å². The van der Waals surface area contributed by atoms with Gasteiger partial charge in [-0.3, -0.25) is 28.7 Å². The number of nitrogens with one attached hydrogen (secondary N) is 3. The molecule has 3 aliphatic rings. The Labute approximate surface area is 437 Å². The molecule has 10 rings (SSSR count). The van der Waals surface area contributed by atoms with Gasteiger partial charge < -0.3 is 39.7 Å². The molecule has 1 unspecified atom stereocenters. The standard InChI is InChI=1S/C55H59ClN10O7S/c1-28-30(3)74-54-47(28)48(34-9-13-36(56)14-10-34)60-42(50-63-62-32(5)66(50)54)26-46(68)59-37-23-41(24-37)72-40-17-18-44-35(21-40)22-45(73-44)52(70)61-49(55(6,7)8)53(71)65-27-39(67)25-43(65)51(69)58-29(2)33-11-15-38(16-12-33)64-20-19-57-31(64)4/h9-22,29,37,39,41-43,49,67H,23-27H2,1-8H3,(H,58,69)(H,59,68)(H,61,70)/t29-,37?,39+,41?,42-,43-,49?/m0/s1. The summed E-state index contributed by atoms with van der Waals surface area (Å²) in [5, 5.41) is 31.0. The number of imidazole rings is 1. The number of hydrogen-bond acceptors (Lipinski definition) is 12. The number of hydrogen-bond donors (Lipinski definition) is 4. The first-order valence-corrected chi connectivity index (χ1v) is 26.0. The summed E-state index contributed by atoms with van der Waals surface area (Å²) >= 11 is 7.94. The minimum atomic E-state index is -1.06. The van der Waals surface area contributed by atoms with Gasteiger partial charge in [0.2, 0.25) is 17.7 Å². The molecule has 5 atom stereocenters. The number of aliphatic hydroxyl groups excluding tert-OH is 1. The van der Waals surface area contributed by atoms with Crippen molar-refractivity contribution in [3.8, 4) is 16.4 Å². The number of aromatic nitrogens is 5. The summed E-state index contributed by atoms with van der Waals surface area (Å²) in [4.78, 5) is 67.9. The van der Waals surface area contributed by atoms with Crippen molar-refractivity contribution in [2.24, 2.45) is 10.4 Å². The molecule has 2 fully saturated rings. The summed E-state index contributed by atoms with van der Waals surface area (Å²) in [5.74, 6) is 1.11. The Balaban J connectivity index is 0.754. The number of carbonyl (C=O) groups is 4. The lowest BCUT2D eigenvalue weighted by Gasteiger charge is -2.36. The molecule has 384 valence electrons. The molecule has 74 heavy (non-hydrogen) atoms. The smallest absolute Gasteiger partial charge is 0.287 e. The molecular formula is C55H59ClN10O7S. The molecule has 1 aliphatic carbocycles. The van der Waals surface area contributed by atoms with Crippen LogP contribution in [-0.4, -0.2) is 101 Å². The van der Waals surface area contributed by atoms with Crippen molar-refractivity contribution in [2.75, 3.05) is 6.54 Å². The highest BCUT2D eigenvalue weighted by molar-refractivity contribution is 7.15. The van der Waals surface area contributed by atoms with Gasteiger partial charge >= 0.3 is 0 Å². The van der Waals surface area contributed by atoms with Crippen molar-refractivity contribution in [3.63, 3.8) is 0 Å². The number of aliphatic hydroxyl groups is 1. The summed E-state index contributed by atoms with van der Waals surface area (Å²) < 4.78 is 16.3. The summed E-state index contributed by atoms with van der Waals surface area (Å²) in [6.07, 6.45) is 3.86. The lowest BCUT2D eigenvalue weighted by molar-refractivity contribution is -0.142. The fraction of sp³-hybridized carbons (Fsp3) is 0.382. The highest BCUT2D eigenvalue weighted by Gasteiger charge is 2.45. The molecular weight excluding hydrogens is 980 g/mol. The van der Waals surface area contributed by atoms with E-state index in [1.54, 1.807) is 41.8 Å². The molecule has 2 aliphatic heterocycles. The minimum absolute atomic E-state index is 0.00280. The summed E-state index contributed by atoms with van der Waals surface area (Å²) in [6.45, 7) is 15.3. The number of rotatable bonds is 13. The number of amides is 4. The molecule has 6 heterocycles. The molecule has 0 bridgehead atoms. The van der Waals surface area contributed by atoms with E-state index in [1.165, 1.54) is 4.90 Å². The molecule has 17 nitrogen and oxygen atoms in total. The fourth-order valence-electron chi connectivity index (χ4n) is 10.1. The van der Waals surface area contributed by atoms with Gasteiger partial charge in [0, 0.05) is 76.3 Å². The average Bonchev–Trinajstić information content (AvgIpc) is 4.20. The van der Waals surface area contributed by atoms with Crippen LogP contribution in [0.5, 0.6) is 5.75 Å². The maximum Gasteiger partial charge on any atom is 0.287 e. The average molecular weight is 1040 g/mol. The van der Waals surface area contributed by atoms with E-state index in [0.29, 0.717) is 40.4 Å². The minimum Gasteiger partial charge on any atom is -0.490 e. The summed E-state index contributed by atoms with van der Waals surface area (Å²) in [7, 11) is 0. The van der Waals surface area contributed by atoms with Crippen LogP contribution < -0.4 is 20.7 Å². The lowest BCUT2D eigenvalue weighted by atomic mass is 9.85. The fourth-order valence-corrected chi connectivity index (χ4v) is 11.4. The van der Waals surface area contributed by atoms with Gasteiger partial charge in [0.05, 0.1) is 24.3 Å². The van der Waals surface area contributed by atoms with E-state index in [1.807, 2.05) is 105 Å². The number of nitrogens with zero attached hydrogens (tertiary/aromatic N) is 7. The second kappa shape index (κ2) is 19.9. The van der Waals surface area contributed by atoms with Crippen molar-refractivity contribution < 1.29 is 33.4 Å². The number of furan rings is 1. The van der Waals surface area contributed by atoms with Crippen LogP contribution in [0.4, 0.5) is 0 Å². The highest BCUT2D eigenvalue weighted by atomic mass is 35.5. The second-order valence-electron chi connectivity index (χ2n) is 20.7. The molecule has 4 N–H and O–H groups in total. The van der Waals surface area contributed by atoms with Gasteiger partial charge in [-0.05, 0) is 99.7 Å². The topological polar surface area (TPSA) is 211 Å². The molecule has 3 aromatic carbocycles. The number of halogens is 1. The summed E-state index contributed by atoms with van der Waals surface area (Å²) in [6, 6.07) is 19.2. The van der Waals surface area contributed by atoms with Gasteiger partial charge in [-0.15, -0.1) is 21.5 Å². The van der Waals surface area contributed by atoms with Crippen LogP contribution >= 0.6 is 22.9 Å². The van der Waals surface area contributed by atoms with Gasteiger partial charge in [0.25, 0.3) is 5.91 Å².